The molecule has 1 aliphatic heterocycles. The summed E-state index contributed by atoms with van der Waals surface area (Å²) in [5.74, 6) is 1.06. The Bertz CT molecular complexity index is 835. The maximum Gasteiger partial charge on any atom is 0.261 e. The fraction of sp³-hybridized carbons (Fsp3) is 0.682. The third kappa shape index (κ3) is 4.56. The number of hydrogen-bond donors (Lipinski definition) is 1. The van der Waals surface area contributed by atoms with Crippen molar-refractivity contribution in [3.63, 3.8) is 0 Å². The Labute approximate surface area is 177 Å². The molecule has 0 unspecified atom stereocenters. The first kappa shape index (κ1) is 20.5. The summed E-state index contributed by atoms with van der Waals surface area (Å²) >= 11 is 1.51. The molecule has 0 radical (unpaired) electrons. The molecule has 2 aromatic heterocycles. The van der Waals surface area contributed by atoms with Crippen molar-refractivity contribution in [2.24, 2.45) is 0 Å². The highest BCUT2D eigenvalue weighted by atomic mass is 32.1. The van der Waals surface area contributed by atoms with Crippen LogP contribution in [0.3, 0.4) is 0 Å². The molecule has 0 aromatic carbocycles. The van der Waals surface area contributed by atoms with Crippen LogP contribution >= 0.6 is 11.3 Å². The van der Waals surface area contributed by atoms with E-state index in [0.717, 1.165) is 72.0 Å². The first-order valence-corrected chi connectivity index (χ1v) is 12.0. The molecule has 4 rings (SSSR count). The normalized spacial score (nSPS) is 19.9. The number of rotatable bonds is 4. The van der Waals surface area contributed by atoms with Crippen LogP contribution in [-0.2, 0) is 0 Å². The zero-order chi connectivity index (χ0) is 20.2. The maximum absolute atomic E-state index is 13.1. The van der Waals surface area contributed by atoms with Gasteiger partial charge in [-0.1, -0.05) is 39.0 Å². The maximum atomic E-state index is 13.1. The summed E-state index contributed by atoms with van der Waals surface area (Å²) in [7, 11) is 0. The number of likely N-dealkylation sites (N-methyl/N-ethyl adjacent to an activating group) is 1. The summed E-state index contributed by atoms with van der Waals surface area (Å²) in [6.07, 6.45) is 10.2. The number of nitrogens with one attached hydrogen (secondary N) is 1. The quantitative estimate of drug-likeness (QED) is 0.818. The molecule has 2 fully saturated rings. The van der Waals surface area contributed by atoms with Gasteiger partial charge in [0.2, 0.25) is 0 Å². The second kappa shape index (κ2) is 9.39. The van der Waals surface area contributed by atoms with Crippen molar-refractivity contribution < 1.29 is 4.79 Å². The number of carbonyl (C=O) groups excluding carboxylic acids is 1. The van der Waals surface area contributed by atoms with Gasteiger partial charge in [-0.15, -0.1) is 11.3 Å². The molecule has 1 saturated heterocycles. The molecular weight excluding hydrogens is 382 g/mol. The van der Waals surface area contributed by atoms with Gasteiger partial charge in [-0.25, -0.2) is 9.97 Å². The number of amides is 1. The number of fused-ring (bicyclic) bond motifs is 1. The average molecular weight is 416 g/mol. The second-order valence-corrected chi connectivity index (χ2v) is 9.37. The molecule has 1 aliphatic carbocycles. The highest BCUT2D eigenvalue weighted by Gasteiger charge is 2.25. The van der Waals surface area contributed by atoms with Crippen LogP contribution in [0.5, 0.6) is 0 Å². The molecule has 7 heteroatoms. The van der Waals surface area contributed by atoms with E-state index in [1.807, 2.05) is 0 Å². The molecule has 158 valence electrons. The van der Waals surface area contributed by atoms with E-state index in [1.165, 1.54) is 43.4 Å². The van der Waals surface area contributed by atoms with Gasteiger partial charge < -0.3 is 15.1 Å². The van der Waals surface area contributed by atoms with Crippen LogP contribution in [0, 0.1) is 6.92 Å². The van der Waals surface area contributed by atoms with E-state index < -0.39 is 0 Å². The topological polar surface area (TPSA) is 61.4 Å². The number of nitrogens with zero attached hydrogens (tertiary/aromatic N) is 4. The van der Waals surface area contributed by atoms with Gasteiger partial charge in [-0.3, -0.25) is 4.79 Å². The van der Waals surface area contributed by atoms with Crippen molar-refractivity contribution >= 4 is 33.3 Å². The zero-order valence-electron chi connectivity index (χ0n) is 17.7. The second-order valence-electron chi connectivity index (χ2n) is 8.37. The molecule has 0 atom stereocenters. The molecule has 3 heterocycles. The number of anilines is 1. The lowest BCUT2D eigenvalue weighted by Gasteiger charge is -2.35. The van der Waals surface area contributed by atoms with Crippen LogP contribution in [0.4, 0.5) is 5.82 Å². The van der Waals surface area contributed by atoms with Crippen LogP contribution in [0.15, 0.2) is 6.33 Å². The van der Waals surface area contributed by atoms with Crippen LogP contribution in [0.25, 0.3) is 10.2 Å². The molecule has 1 amide bonds. The summed E-state index contributed by atoms with van der Waals surface area (Å²) in [6.45, 7) is 9.41. The third-order valence-electron chi connectivity index (χ3n) is 6.47. The fourth-order valence-corrected chi connectivity index (χ4v) is 5.68. The minimum absolute atomic E-state index is 0.0674. The summed E-state index contributed by atoms with van der Waals surface area (Å²) < 4.78 is 0. The molecule has 2 aliphatic rings. The number of thiophene rings is 1. The van der Waals surface area contributed by atoms with Crippen LogP contribution < -0.4 is 10.2 Å². The lowest BCUT2D eigenvalue weighted by atomic mass is 9.96. The monoisotopic (exact) mass is 415 g/mol. The lowest BCUT2D eigenvalue weighted by Crippen LogP contribution is -2.46. The molecule has 1 saturated carbocycles. The number of carbonyl (C=O) groups is 1. The Hall–Kier alpha value is -1.73. The SMILES string of the molecule is CCN1CCN(c2ncnc3sc(C(=O)NC4CCCCCCC4)c(C)c23)CC1. The van der Waals surface area contributed by atoms with Crippen molar-refractivity contribution in [3.8, 4) is 0 Å². The molecule has 0 spiro atoms. The first-order chi connectivity index (χ1) is 14.2. The number of aromatic nitrogens is 2. The minimum atomic E-state index is 0.0674. The van der Waals surface area contributed by atoms with Crippen LogP contribution in [-0.4, -0.2) is 59.5 Å². The molecule has 0 bridgehead atoms. The Morgan fingerprint density at radius 3 is 2.48 bits per heavy atom. The molecule has 29 heavy (non-hydrogen) atoms. The van der Waals surface area contributed by atoms with Crippen LogP contribution in [0.2, 0.25) is 0 Å². The average Bonchev–Trinajstić information content (AvgIpc) is 3.07. The Kier molecular flexibility index (Phi) is 6.65. The summed E-state index contributed by atoms with van der Waals surface area (Å²) in [5.41, 5.74) is 1.03. The zero-order valence-corrected chi connectivity index (χ0v) is 18.6. The van der Waals surface area contributed by atoms with Gasteiger partial charge in [-0.05, 0) is 31.9 Å². The van der Waals surface area contributed by atoms with E-state index in [4.69, 9.17) is 0 Å². The third-order valence-corrected chi connectivity index (χ3v) is 7.67. The van der Waals surface area contributed by atoms with Crippen molar-refractivity contribution in [2.75, 3.05) is 37.6 Å². The molecule has 2 aromatic rings. The van der Waals surface area contributed by atoms with Gasteiger partial charge in [0.1, 0.15) is 17.0 Å². The molecule has 1 N–H and O–H groups in total. The number of piperazine rings is 1. The number of hydrogen-bond acceptors (Lipinski definition) is 6. The highest BCUT2D eigenvalue weighted by molar-refractivity contribution is 7.20. The fourth-order valence-electron chi connectivity index (χ4n) is 4.64. The van der Waals surface area contributed by atoms with Crippen LogP contribution in [0.1, 0.15) is 67.1 Å². The van der Waals surface area contributed by atoms with Gasteiger partial charge in [0.25, 0.3) is 5.91 Å². The lowest BCUT2D eigenvalue weighted by molar-refractivity contribution is 0.0934. The van der Waals surface area contributed by atoms with Gasteiger partial charge >= 0.3 is 0 Å². The van der Waals surface area contributed by atoms with E-state index in [0.29, 0.717) is 6.04 Å². The predicted octanol–water partition coefficient (Wildman–Crippen LogP) is 3.98. The summed E-state index contributed by atoms with van der Waals surface area (Å²) in [6, 6.07) is 0.306. The Morgan fingerprint density at radius 2 is 1.79 bits per heavy atom. The first-order valence-electron chi connectivity index (χ1n) is 11.2. The standard InChI is InChI=1S/C22H33N5OS/c1-3-26-11-13-27(14-12-26)20-18-16(2)19(29-22(18)24-15-23-20)21(28)25-17-9-7-5-4-6-8-10-17/h15,17H,3-14H2,1-2H3,(H,25,28). The van der Waals surface area contributed by atoms with E-state index in [1.54, 1.807) is 6.33 Å². The largest absolute Gasteiger partial charge is 0.353 e. The minimum Gasteiger partial charge on any atom is -0.353 e. The Balaban J connectivity index is 1.55. The van der Waals surface area contributed by atoms with Gasteiger partial charge in [0.15, 0.2) is 0 Å². The number of aryl methyl sites for hydroxylation is 1. The smallest absolute Gasteiger partial charge is 0.261 e. The summed E-state index contributed by atoms with van der Waals surface area (Å²) in [4.78, 5) is 28.8. The van der Waals surface area contributed by atoms with Gasteiger partial charge in [0, 0.05) is 32.2 Å². The van der Waals surface area contributed by atoms with Gasteiger partial charge in [-0.2, -0.15) is 0 Å². The van der Waals surface area contributed by atoms with Crippen molar-refractivity contribution in [1.82, 2.24) is 20.2 Å². The molecule has 6 nitrogen and oxygen atoms in total. The predicted molar refractivity (Wildman–Crippen MR) is 120 cm³/mol. The molecular formula is C22H33N5OS. The van der Waals surface area contributed by atoms with E-state index in [9.17, 15) is 4.79 Å². The van der Waals surface area contributed by atoms with Crippen molar-refractivity contribution in [2.45, 2.75) is 64.8 Å². The van der Waals surface area contributed by atoms with E-state index >= 15 is 0 Å². The summed E-state index contributed by atoms with van der Waals surface area (Å²) in [5, 5.41) is 4.38. The van der Waals surface area contributed by atoms with Crippen molar-refractivity contribution in [1.29, 1.82) is 0 Å². The van der Waals surface area contributed by atoms with Crippen molar-refractivity contribution in [3.05, 3.63) is 16.8 Å². The Morgan fingerprint density at radius 1 is 1.10 bits per heavy atom. The van der Waals surface area contributed by atoms with E-state index in [2.05, 4.69) is 38.9 Å². The van der Waals surface area contributed by atoms with E-state index in [-0.39, 0.29) is 5.91 Å². The van der Waals surface area contributed by atoms with Gasteiger partial charge in [0.05, 0.1) is 10.3 Å². The highest BCUT2D eigenvalue weighted by Crippen LogP contribution is 2.35.